The molecule has 0 bridgehead atoms. The van der Waals surface area contributed by atoms with Gasteiger partial charge in [0.2, 0.25) is 0 Å². The molecule has 0 aliphatic carbocycles. The Morgan fingerprint density at radius 1 is 1.31 bits per heavy atom. The van der Waals surface area contributed by atoms with Crippen molar-refractivity contribution in [2.24, 2.45) is 0 Å². The Morgan fingerprint density at radius 2 is 2.12 bits per heavy atom. The van der Waals surface area contributed by atoms with Crippen LogP contribution in [0.15, 0.2) is 30.6 Å². The molecule has 2 heterocycles. The van der Waals surface area contributed by atoms with E-state index >= 15 is 0 Å². The Kier molecular flexibility index (Phi) is 2.84. The van der Waals surface area contributed by atoms with E-state index in [1.54, 1.807) is 12.4 Å². The largest absolute Gasteiger partial charge is 0.256 e. The summed E-state index contributed by atoms with van der Waals surface area (Å²) in [6.07, 6.45) is 3.34. The van der Waals surface area contributed by atoms with Crippen molar-refractivity contribution in [3.05, 3.63) is 46.9 Å². The minimum atomic E-state index is 0.249. The number of hydrogen-bond donors (Lipinski definition) is 0. The van der Waals surface area contributed by atoms with Crippen molar-refractivity contribution in [3.8, 4) is 17.3 Å². The SMILES string of the molecule is Cc1c(-c2ccccn2)cnc(C#N)c1Cl. The molecule has 2 aromatic heterocycles. The first kappa shape index (κ1) is 10.6. The third-order valence-corrected chi connectivity index (χ3v) is 2.77. The molecule has 3 nitrogen and oxygen atoms in total. The molecule has 0 saturated carbocycles. The summed E-state index contributed by atoms with van der Waals surface area (Å²) in [7, 11) is 0. The fraction of sp³-hybridized carbons (Fsp3) is 0.0833. The van der Waals surface area contributed by atoms with E-state index in [0.29, 0.717) is 5.02 Å². The number of nitrogens with zero attached hydrogens (tertiary/aromatic N) is 3. The van der Waals surface area contributed by atoms with Crippen molar-refractivity contribution in [3.63, 3.8) is 0 Å². The average molecular weight is 230 g/mol. The van der Waals surface area contributed by atoms with Crippen molar-refractivity contribution in [1.82, 2.24) is 9.97 Å². The molecule has 0 fully saturated rings. The van der Waals surface area contributed by atoms with E-state index in [2.05, 4.69) is 9.97 Å². The van der Waals surface area contributed by atoms with Gasteiger partial charge >= 0.3 is 0 Å². The number of pyridine rings is 2. The highest BCUT2D eigenvalue weighted by molar-refractivity contribution is 6.32. The highest BCUT2D eigenvalue weighted by Crippen LogP contribution is 2.27. The summed E-state index contributed by atoms with van der Waals surface area (Å²) < 4.78 is 0. The van der Waals surface area contributed by atoms with E-state index in [0.717, 1.165) is 16.8 Å². The Balaban J connectivity index is 2.62. The quantitative estimate of drug-likeness (QED) is 0.755. The van der Waals surface area contributed by atoms with Gasteiger partial charge in [0.15, 0.2) is 5.69 Å². The summed E-state index contributed by atoms with van der Waals surface area (Å²) in [6, 6.07) is 7.57. The number of hydrogen-bond acceptors (Lipinski definition) is 3. The van der Waals surface area contributed by atoms with Crippen LogP contribution < -0.4 is 0 Å². The summed E-state index contributed by atoms with van der Waals surface area (Å²) in [6.45, 7) is 1.86. The normalized spacial score (nSPS) is 9.81. The maximum absolute atomic E-state index is 8.79. The van der Waals surface area contributed by atoms with Crippen LogP contribution >= 0.6 is 11.6 Å². The smallest absolute Gasteiger partial charge is 0.159 e. The zero-order valence-corrected chi connectivity index (χ0v) is 9.36. The van der Waals surface area contributed by atoms with Gasteiger partial charge < -0.3 is 0 Å². The van der Waals surface area contributed by atoms with E-state index in [1.165, 1.54) is 0 Å². The molecule has 0 spiro atoms. The summed E-state index contributed by atoms with van der Waals surface area (Å²) in [5, 5.41) is 9.19. The van der Waals surface area contributed by atoms with Crippen LogP contribution in [0, 0.1) is 18.3 Å². The number of halogens is 1. The standard InChI is InChI=1S/C12H8ClN3/c1-8-9(10-4-2-3-5-15-10)7-16-11(6-14)12(8)13/h2-5,7H,1H3. The van der Waals surface area contributed by atoms with Crippen LogP contribution in [0.2, 0.25) is 5.02 Å². The molecule has 16 heavy (non-hydrogen) atoms. The van der Waals surface area contributed by atoms with Gasteiger partial charge in [-0.2, -0.15) is 5.26 Å². The lowest BCUT2D eigenvalue weighted by Crippen LogP contribution is -1.93. The van der Waals surface area contributed by atoms with Crippen molar-refractivity contribution >= 4 is 11.6 Å². The molecule has 0 amide bonds. The molecule has 0 aromatic carbocycles. The molecule has 0 radical (unpaired) electrons. The Bertz CT molecular complexity index is 558. The zero-order valence-electron chi connectivity index (χ0n) is 8.61. The molecule has 0 aliphatic rings. The van der Waals surface area contributed by atoms with Gasteiger partial charge in [0.05, 0.1) is 10.7 Å². The minimum absolute atomic E-state index is 0.249. The van der Waals surface area contributed by atoms with Crippen LogP contribution in [0.1, 0.15) is 11.3 Å². The van der Waals surface area contributed by atoms with Crippen molar-refractivity contribution in [2.45, 2.75) is 6.92 Å². The monoisotopic (exact) mass is 229 g/mol. The van der Waals surface area contributed by atoms with Gasteiger partial charge in [-0.15, -0.1) is 0 Å². The van der Waals surface area contributed by atoms with Crippen molar-refractivity contribution in [2.75, 3.05) is 0 Å². The van der Waals surface area contributed by atoms with E-state index in [4.69, 9.17) is 16.9 Å². The van der Waals surface area contributed by atoms with Gasteiger partial charge in [-0.1, -0.05) is 17.7 Å². The van der Waals surface area contributed by atoms with E-state index in [1.807, 2.05) is 31.2 Å². The van der Waals surface area contributed by atoms with E-state index in [9.17, 15) is 0 Å². The van der Waals surface area contributed by atoms with Crippen LogP contribution in [-0.2, 0) is 0 Å². The second kappa shape index (κ2) is 4.30. The van der Waals surface area contributed by atoms with Crippen LogP contribution in [0.3, 0.4) is 0 Å². The highest BCUT2D eigenvalue weighted by Gasteiger charge is 2.10. The van der Waals surface area contributed by atoms with Crippen LogP contribution in [0.5, 0.6) is 0 Å². The Morgan fingerprint density at radius 3 is 2.75 bits per heavy atom. The maximum atomic E-state index is 8.79. The van der Waals surface area contributed by atoms with E-state index in [-0.39, 0.29) is 5.69 Å². The first-order valence-electron chi connectivity index (χ1n) is 4.70. The van der Waals surface area contributed by atoms with Crippen LogP contribution in [-0.4, -0.2) is 9.97 Å². The predicted molar refractivity (Wildman–Crippen MR) is 61.9 cm³/mol. The van der Waals surface area contributed by atoms with Gasteiger partial charge in [0.1, 0.15) is 6.07 Å². The molecule has 78 valence electrons. The highest BCUT2D eigenvalue weighted by atomic mass is 35.5. The molecule has 0 aliphatic heterocycles. The van der Waals surface area contributed by atoms with Crippen LogP contribution in [0.25, 0.3) is 11.3 Å². The molecule has 4 heteroatoms. The maximum Gasteiger partial charge on any atom is 0.159 e. The van der Waals surface area contributed by atoms with E-state index < -0.39 is 0 Å². The molecule has 0 unspecified atom stereocenters. The minimum Gasteiger partial charge on any atom is -0.256 e. The third-order valence-electron chi connectivity index (χ3n) is 2.31. The fourth-order valence-electron chi connectivity index (χ4n) is 1.44. The summed E-state index contributed by atoms with van der Waals surface area (Å²) in [4.78, 5) is 8.23. The predicted octanol–water partition coefficient (Wildman–Crippen LogP) is 2.98. The second-order valence-corrected chi connectivity index (χ2v) is 3.66. The Hall–Kier alpha value is -1.92. The summed E-state index contributed by atoms with van der Waals surface area (Å²) in [5.41, 5.74) is 2.73. The lowest BCUT2D eigenvalue weighted by atomic mass is 10.1. The second-order valence-electron chi connectivity index (χ2n) is 3.29. The molecule has 2 aromatic rings. The fourth-order valence-corrected chi connectivity index (χ4v) is 1.63. The molecular formula is C12H8ClN3. The first-order valence-corrected chi connectivity index (χ1v) is 5.08. The van der Waals surface area contributed by atoms with Crippen LogP contribution in [0.4, 0.5) is 0 Å². The topological polar surface area (TPSA) is 49.6 Å². The lowest BCUT2D eigenvalue weighted by molar-refractivity contribution is 1.21. The molecule has 0 N–H and O–H groups in total. The number of aromatic nitrogens is 2. The van der Waals surface area contributed by atoms with Gasteiger partial charge in [0.25, 0.3) is 0 Å². The summed E-state index contributed by atoms with van der Waals surface area (Å²) in [5.74, 6) is 0. The Labute approximate surface area is 98.4 Å². The number of nitriles is 1. The molecule has 2 rings (SSSR count). The summed E-state index contributed by atoms with van der Waals surface area (Å²) >= 11 is 6.04. The average Bonchev–Trinajstić information content (AvgIpc) is 2.34. The van der Waals surface area contributed by atoms with Crippen molar-refractivity contribution < 1.29 is 0 Å². The molecular weight excluding hydrogens is 222 g/mol. The van der Waals surface area contributed by atoms with Gasteiger partial charge in [-0.05, 0) is 24.6 Å². The third kappa shape index (κ3) is 1.75. The first-order chi connectivity index (χ1) is 7.74. The van der Waals surface area contributed by atoms with Gasteiger partial charge in [-0.25, -0.2) is 4.98 Å². The number of rotatable bonds is 1. The lowest BCUT2D eigenvalue weighted by Gasteiger charge is -2.06. The van der Waals surface area contributed by atoms with Gasteiger partial charge in [-0.3, -0.25) is 4.98 Å². The molecule has 0 atom stereocenters. The zero-order chi connectivity index (χ0) is 11.5. The van der Waals surface area contributed by atoms with Gasteiger partial charge in [0, 0.05) is 18.0 Å². The molecule has 0 saturated heterocycles. The van der Waals surface area contributed by atoms with Crippen molar-refractivity contribution in [1.29, 1.82) is 5.26 Å².